The molecular weight excluding hydrogens is 232 g/mol. The summed E-state index contributed by atoms with van der Waals surface area (Å²) in [4.78, 5) is 27.0. The summed E-state index contributed by atoms with van der Waals surface area (Å²) < 4.78 is 5.03. The van der Waals surface area contributed by atoms with Crippen LogP contribution in [-0.2, 0) is 9.53 Å². The fourth-order valence-corrected chi connectivity index (χ4v) is 2.10. The molecule has 1 heterocycles. The van der Waals surface area contributed by atoms with Crippen molar-refractivity contribution < 1.29 is 14.3 Å². The first kappa shape index (κ1) is 14.2. The van der Waals surface area contributed by atoms with E-state index in [0.29, 0.717) is 5.69 Å². The molecule has 1 amide bonds. The molecular formula is C13H18N2O3. The van der Waals surface area contributed by atoms with Crippen molar-refractivity contribution in [3.05, 3.63) is 29.6 Å². The van der Waals surface area contributed by atoms with Gasteiger partial charge in [0.25, 0.3) is 0 Å². The van der Waals surface area contributed by atoms with E-state index >= 15 is 0 Å². The molecule has 0 aliphatic carbocycles. The lowest BCUT2D eigenvalue weighted by atomic mass is 9.84. The summed E-state index contributed by atoms with van der Waals surface area (Å²) in [6.07, 6.45) is -0.904. The van der Waals surface area contributed by atoms with Crippen LogP contribution in [-0.4, -0.2) is 22.5 Å². The Hall–Kier alpha value is -1.91. The number of hydrogen-bond donors (Lipinski definition) is 1. The third-order valence-corrected chi connectivity index (χ3v) is 2.67. The van der Waals surface area contributed by atoms with E-state index < -0.39 is 17.6 Å². The van der Waals surface area contributed by atoms with Crippen LogP contribution in [0.25, 0.3) is 0 Å². The lowest BCUT2D eigenvalue weighted by Crippen LogP contribution is -2.40. The Bertz CT molecular complexity index is 469. The van der Waals surface area contributed by atoms with Crippen LogP contribution in [0.4, 0.5) is 4.79 Å². The van der Waals surface area contributed by atoms with Crippen molar-refractivity contribution in [1.82, 2.24) is 4.98 Å². The summed E-state index contributed by atoms with van der Waals surface area (Å²) in [5, 5.41) is 0. The Balaban J connectivity index is 3.18. The van der Waals surface area contributed by atoms with Gasteiger partial charge in [-0.3, -0.25) is 9.78 Å². The van der Waals surface area contributed by atoms with Gasteiger partial charge in [0.2, 0.25) is 0 Å². The molecule has 0 aromatic carbocycles. The van der Waals surface area contributed by atoms with Gasteiger partial charge in [-0.2, -0.15) is 0 Å². The van der Waals surface area contributed by atoms with E-state index in [4.69, 9.17) is 10.5 Å². The molecule has 2 N–H and O–H groups in total. The van der Waals surface area contributed by atoms with Gasteiger partial charge in [0, 0.05) is 5.69 Å². The minimum Gasteiger partial charge on any atom is -0.442 e. The number of pyridine rings is 1. The maximum atomic E-state index is 11.8. The number of amides is 1. The first-order valence-electron chi connectivity index (χ1n) is 5.66. The second kappa shape index (κ2) is 5.16. The number of primary amides is 1. The van der Waals surface area contributed by atoms with Crippen LogP contribution in [0.5, 0.6) is 0 Å². The van der Waals surface area contributed by atoms with Crippen molar-refractivity contribution in [2.24, 2.45) is 5.73 Å². The minimum atomic E-state index is -1.03. The smallest absolute Gasteiger partial charge is 0.405 e. The number of carbonyl (C=O) groups is 2. The lowest BCUT2D eigenvalue weighted by molar-refractivity contribution is -0.123. The van der Waals surface area contributed by atoms with Crippen molar-refractivity contribution in [3.63, 3.8) is 0 Å². The molecule has 98 valence electrons. The number of aromatic nitrogens is 1. The monoisotopic (exact) mass is 250 g/mol. The van der Waals surface area contributed by atoms with Gasteiger partial charge in [-0.1, -0.05) is 6.07 Å². The molecule has 0 fully saturated rings. The number of rotatable bonds is 4. The maximum Gasteiger partial charge on any atom is 0.405 e. The number of ketones is 1. The number of aryl methyl sites for hydroxylation is 1. The highest BCUT2D eigenvalue weighted by Gasteiger charge is 2.38. The molecule has 0 bridgehead atoms. The summed E-state index contributed by atoms with van der Waals surface area (Å²) >= 11 is 0. The summed E-state index contributed by atoms with van der Waals surface area (Å²) in [7, 11) is 0. The Morgan fingerprint density at radius 2 is 2.00 bits per heavy atom. The van der Waals surface area contributed by atoms with Gasteiger partial charge in [0.15, 0.2) is 0 Å². The van der Waals surface area contributed by atoms with Gasteiger partial charge < -0.3 is 10.5 Å². The van der Waals surface area contributed by atoms with E-state index in [0.717, 1.165) is 5.69 Å². The van der Waals surface area contributed by atoms with Gasteiger partial charge in [-0.15, -0.1) is 0 Å². The predicted octanol–water partition coefficient (Wildman–Crippen LogP) is 1.94. The number of nitrogens with zero attached hydrogens (tertiary/aromatic N) is 1. The zero-order chi connectivity index (χ0) is 13.9. The van der Waals surface area contributed by atoms with Crippen LogP contribution in [0.2, 0.25) is 0 Å². The van der Waals surface area contributed by atoms with Crippen molar-refractivity contribution in [3.8, 4) is 0 Å². The molecule has 1 rings (SSSR count). The average Bonchev–Trinajstić information content (AvgIpc) is 2.13. The van der Waals surface area contributed by atoms with Crippen molar-refractivity contribution in [2.75, 3.05) is 0 Å². The van der Waals surface area contributed by atoms with Crippen LogP contribution in [0, 0.1) is 6.92 Å². The first-order chi connectivity index (χ1) is 8.24. The highest BCUT2D eigenvalue weighted by Crippen LogP contribution is 2.31. The molecule has 0 aliphatic rings. The zero-order valence-corrected chi connectivity index (χ0v) is 11.1. The minimum absolute atomic E-state index is 0.126. The van der Waals surface area contributed by atoms with Gasteiger partial charge >= 0.3 is 6.09 Å². The van der Waals surface area contributed by atoms with E-state index in [9.17, 15) is 9.59 Å². The van der Waals surface area contributed by atoms with Crippen LogP contribution < -0.4 is 5.73 Å². The maximum absolute atomic E-state index is 11.8. The SMILES string of the molecule is CC(=O)C(c1cccc(C)n1)C(C)(C)OC(N)=O. The molecule has 5 heteroatoms. The molecule has 1 aromatic heterocycles. The molecule has 1 unspecified atom stereocenters. The summed E-state index contributed by atoms with van der Waals surface area (Å²) in [6.45, 7) is 6.57. The molecule has 0 radical (unpaired) electrons. The molecule has 5 nitrogen and oxygen atoms in total. The van der Waals surface area contributed by atoms with Gasteiger partial charge in [0.1, 0.15) is 11.4 Å². The highest BCUT2D eigenvalue weighted by atomic mass is 16.6. The quantitative estimate of drug-likeness (QED) is 0.885. The van der Waals surface area contributed by atoms with Crippen LogP contribution in [0.1, 0.15) is 38.1 Å². The van der Waals surface area contributed by atoms with E-state index in [2.05, 4.69) is 4.98 Å². The number of nitrogens with two attached hydrogens (primary N) is 1. The van der Waals surface area contributed by atoms with E-state index in [1.54, 1.807) is 19.9 Å². The topological polar surface area (TPSA) is 82.3 Å². The second-order valence-corrected chi connectivity index (χ2v) is 4.77. The standard InChI is InChI=1S/C13H18N2O3/c1-8-6-5-7-10(15-8)11(9(2)16)13(3,4)18-12(14)17/h5-7,11H,1-4H3,(H2,14,17). The van der Waals surface area contributed by atoms with Crippen molar-refractivity contribution in [1.29, 1.82) is 0 Å². The van der Waals surface area contributed by atoms with Gasteiger partial charge in [-0.05, 0) is 39.8 Å². The predicted molar refractivity (Wildman–Crippen MR) is 67.1 cm³/mol. The largest absolute Gasteiger partial charge is 0.442 e. The molecule has 1 aromatic rings. The van der Waals surface area contributed by atoms with E-state index in [1.807, 2.05) is 19.1 Å². The molecule has 0 saturated carbocycles. The van der Waals surface area contributed by atoms with E-state index in [1.165, 1.54) is 6.92 Å². The van der Waals surface area contributed by atoms with E-state index in [-0.39, 0.29) is 5.78 Å². The third-order valence-electron chi connectivity index (χ3n) is 2.67. The molecule has 0 spiro atoms. The summed E-state index contributed by atoms with van der Waals surface area (Å²) in [5.41, 5.74) is 5.38. The van der Waals surface area contributed by atoms with Gasteiger partial charge in [0.05, 0.1) is 11.6 Å². The Labute approximate surface area is 106 Å². The molecule has 18 heavy (non-hydrogen) atoms. The third kappa shape index (κ3) is 3.29. The van der Waals surface area contributed by atoms with Gasteiger partial charge in [-0.25, -0.2) is 4.79 Å². The molecule has 0 aliphatic heterocycles. The first-order valence-corrected chi connectivity index (χ1v) is 5.66. The highest BCUT2D eigenvalue weighted by molar-refractivity contribution is 5.84. The molecule has 0 saturated heterocycles. The second-order valence-electron chi connectivity index (χ2n) is 4.77. The average molecular weight is 250 g/mol. The Kier molecular flexibility index (Phi) is 4.06. The fraction of sp³-hybridized carbons (Fsp3) is 0.462. The Morgan fingerprint density at radius 1 is 1.39 bits per heavy atom. The lowest BCUT2D eigenvalue weighted by Gasteiger charge is -2.31. The van der Waals surface area contributed by atoms with Crippen LogP contribution in [0.3, 0.4) is 0 Å². The summed E-state index contributed by atoms with van der Waals surface area (Å²) in [6, 6.07) is 5.39. The normalized spacial score (nSPS) is 12.9. The van der Waals surface area contributed by atoms with Crippen LogP contribution >= 0.6 is 0 Å². The number of Topliss-reactive ketones (excluding diaryl/α,β-unsaturated/α-hetero) is 1. The Morgan fingerprint density at radius 3 is 2.44 bits per heavy atom. The van der Waals surface area contributed by atoms with Crippen molar-refractivity contribution in [2.45, 2.75) is 39.2 Å². The zero-order valence-electron chi connectivity index (χ0n) is 11.1. The fourth-order valence-electron chi connectivity index (χ4n) is 2.10. The molecule has 1 atom stereocenters. The number of hydrogen-bond acceptors (Lipinski definition) is 4. The number of ether oxygens (including phenoxy) is 1. The van der Waals surface area contributed by atoms with Crippen molar-refractivity contribution >= 4 is 11.9 Å². The number of carbonyl (C=O) groups excluding carboxylic acids is 2. The van der Waals surface area contributed by atoms with Crippen LogP contribution in [0.15, 0.2) is 18.2 Å². The summed E-state index contributed by atoms with van der Waals surface area (Å²) in [5.74, 6) is -0.760.